The zero-order valence-corrected chi connectivity index (χ0v) is 65.5. The summed E-state index contributed by atoms with van der Waals surface area (Å²) in [5.41, 5.74) is 6.64. The summed E-state index contributed by atoms with van der Waals surface area (Å²) in [6, 6.07) is 19.3. The quantitative estimate of drug-likeness (QED) is 0.0987. The molecule has 2 aliphatic carbocycles. The highest BCUT2D eigenvalue weighted by molar-refractivity contribution is 7.92. The Bertz CT molecular complexity index is 4750. The van der Waals surface area contributed by atoms with E-state index in [1.54, 1.807) is 52.3 Å². The third-order valence-electron chi connectivity index (χ3n) is 21.0. The van der Waals surface area contributed by atoms with Crippen LogP contribution < -0.4 is 14.4 Å². The second kappa shape index (κ2) is 34.6. The van der Waals surface area contributed by atoms with E-state index in [-0.39, 0.29) is 58.0 Å². The Hall–Kier alpha value is -8.97. The van der Waals surface area contributed by atoms with Crippen molar-refractivity contribution in [2.75, 3.05) is 63.9 Å². The molecule has 1 unspecified atom stereocenters. The van der Waals surface area contributed by atoms with Gasteiger partial charge in [0.1, 0.15) is 38.0 Å². The minimum Gasteiger partial charge on any atom is -0.490 e. The number of fused-ring (bicyclic) bond motifs is 9. The van der Waals surface area contributed by atoms with Crippen LogP contribution in [-0.4, -0.2) is 149 Å². The molecule has 2 amide bonds. The molecule has 12 heterocycles. The van der Waals surface area contributed by atoms with Gasteiger partial charge in [-0.15, -0.1) is 4.36 Å². The number of carbonyl (C=O) groups is 6. The molecule has 6 atom stereocenters. The maximum absolute atomic E-state index is 15.4. The number of anilines is 1. The van der Waals surface area contributed by atoms with Crippen molar-refractivity contribution in [3.8, 4) is 5.75 Å². The van der Waals surface area contributed by atoms with Crippen LogP contribution >= 0.6 is 11.6 Å². The number of amides is 2. The summed E-state index contributed by atoms with van der Waals surface area (Å²) in [4.78, 5) is 74.8. The Morgan fingerprint density at radius 3 is 1.86 bits per heavy atom. The lowest BCUT2D eigenvalue weighted by Gasteiger charge is -2.46. The summed E-state index contributed by atoms with van der Waals surface area (Å²) in [5.74, 6) is -5.35. The van der Waals surface area contributed by atoms with Crippen LogP contribution in [-0.2, 0) is 120 Å². The van der Waals surface area contributed by atoms with Crippen LogP contribution in [0.15, 0.2) is 95.6 Å². The van der Waals surface area contributed by atoms with Gasteiger partial charge in [-0.1, -0.05) is 36.7 Å². The predicted molar refractivity (Wildman–Crippen MR) is 405 cm³/mol. The first-order chi connectivity index (χ1) is 52.9. The molecule has 3 N–H and O–H groups in total. The van der Waals surface area contributed by atoms with E-state index in [0.717, 1.165) is 92.4 Å². The molecule has 5 aromatic heterocycles. The first-order valence-electron chi connectivity index (χ1n) is 37.7. The van der Waals surface area contributed by atoms with E-state index in [4.69, 9.17) is 59.7 Å². The number of hydrogen-bond donors (Lipinski definition) is 3. The van der Waals surface area contributed by atoms with Crippen LogP contribution in [0.5, 0.6) is 5.75 Å². The smallest absolute Gasteiger partial charge is 0.343 e. The number of esters is 2. The van der Waals surface area contributed by atoms with Crippen molar-refractivity contribution in [1.29, 1.82) is 0 Å². The van der Waals surface area contributed by atoms with Crippen LogP contribution in [0.2, 0.25) is 5.02 Å². The fourth-order valence-electron chi connectivity index (χ4n) is 15.5. The average Bonchev–Trinajstić information content (AvgIpc) is 1.71. The summed E-state index contributed by atoms with van der Waals surface area (Å²) in [7, 11) is -1.93. The summed E-state index contributed by atoms with van der Waals surface area (Å²) in [6.45, 7) is 21.5. The van der Waals surface area contributed by atoms with Crippen LogP contribution in [0.3, 0.4) is 0 Å². The summed E-state index contributed by atoms with van der Waals surface area (Å²) in [6.07, 6.45) is 15.5. The van der Waals surface area contributed by atoms with Gasteiger partial charge in [-0.25, -0.2) is 23.4 Å². The number of aromatic nitrogens is 5. The lowest BCUT2D eigenvalue weighted by Crippen LogP contribution is -2.49. The van der Waals surface area contributed by atoms with E-state index < -0.39 is 68.7 Å². The standard InChI is InChI=1S/C41H48ClFN4O5S.C12H16FNO3.C12H17NO3.C8H8FNO3.C8H9NO3/c1-26-7-5-10-36(51-2)32-14-11-29(32)22-46-24-41(17-6-8-27-19-30(42)13-15-34(27)41)25-52-37-16-12-28(20-35(37)46)39(48)44-53(50,23-26)45-40(49)33-21-31-9-3-4-18-47(31)38(33)43;1-12(2,3)17-11(15)9-6-8-7-16-5-4-14(8)10(9)13;1-12(2,3)16-11(14)9-6-10-8-15-5-4-13(10)7-9;9-7-6(8(11)12)3-5-4-13-2-1-10(5)7;10-8(11)6-3-7-5-12-2-1-9(7)4-6/h5,10,12-13,15-16,19-21,26,29,32,36H,3-4,6-9,11,14,17-18,22-25H2,1-2H3,(H,44,45,48,49,50);6H,4-5,7H2,1-3H3;6-7H,4-5,8H2,1-3H3;3H,1-2,4H2,(H,11,12);3-4H,1-2,5H2,(H,10,11)/b10-5+;;;;/t26-,29-,32+,36-,41-,53?;;;;/m0..../s1. The van der Waals surface area contributed by atoms with Crippen molar-refractivity contribution in [2.24, 2.45) is 22.1 Å². The topological polar surface area (TPSA) is 286 Å². The number of carboxylic acids is 2. The number of benzene rings is 2. The van der Waals surface area contributed by atoms with Crippen molar-refractivity contribution >= 4 is 62.9 Å². The highest BCUT2D eigenvalue weighted by Crippen LogP contribution is 2.47. The minimum atomic E-state index is -3.68. The van der Waals surface area contributed by atoms with Crippen molar-refractivity contribution < 1.29 is 94.3 Å². The van der Waals surface area contributed by atoms with E-state index in [2.05, 4.69) is 32.2 Å². The van der Waals surface area contributed by atoms with Gasteiger partial charge in [-0.05, 0) is 189 Å². The number of aromatic carboxylic acids is 2. The number of carboxylic acid groups (broad SMARTS) is 2. The lowest BCUT2D eigenvalue weighted by atomic mass is 9.68. The predicted octanol–water partition coefficient (Wildman–Crippen LogP) is 13.3. The molecule has 0 radical (unpaired) electrons. The second-order valence-corrected chi connectivity index (χ2v) is 33.9. The fraction of sp³-hybridized carbons (Fsp3) is 0.506. The van der Waals surface area contributed by atoms with E-state index in [1.165, 1.54) is 43.0 Å². The molecular weight excluding hydrogens is 1480 g/mol. The third kappa shape index (κ3) is 19.4. The Kier molecular flexibility index (Phi) is 25.4. The number of hydrogen-bond acceptors (Lipinski definition) is 16. The van der Waals surface area contributed by atoms with E-state index >= 15 is 4.39 Å². The second-order valence-electron chi connectivity index (χ2n) is 31.5. The van der Waals surface area contributed by atoms with Crippen LogP contribution in [0, 0.1) is 35.6 Å². The number of ether oxygens (including phenoxy) is 8. The third-order valence-corrected chi connectivity index (χ3v) is 23.2. The van der Waals surface area contributed by atoms with Gasteiger partial charge in [0.05, 0.1) is 93.7 Å². The number of nitrogens with one attached hydrogen (secondary N) is 1. The van der Waals surface area contributed by atoms with Gasteiger partial charge < -0.3 is 75.8 Å². The molecule has 1 fully saturated rings. The van der Waals surface area contributed by atoms with Crippen molar-refractivity contribution in [3.05, 3.63) is 187 Å². The number of allylic oxidation sites excluding steroid dienone is 1. The SMILES string of the molecule is CC(C)(C)OC(=O)c1cc2n(c1)CCOC2.CC(C)(C)OC(=O)c1cc2n(c1F)CCOC2.CO[C@H]1/C=C/C[C@H](C)CS(=O)(NC(=O)c2cc3n(c2F)CCCC3)=NC(=O)c2ccc3c(c2)N(C[C@@H]2CC[C@H]21)C[C@@]1(CCCc2cc(Cl)ccc21)CO3.O=C(O)c1cc2n(c1)CCOC2.O=C(O)c1cc2n(c1F)CCOC2. The highest BCUT2D eigenvalue weighted by Gasteiger charge is 2.45. The molecule has 16 rings (SSSR count). The van der Waals surface area contributed by atoms with E-state index in [1.807, 2.05) is 67.3 Å². The molecule has 0 saturated heterocycles. The largest absolute Gasteiger partial charge is 0.490 e. The molecule has 598 valence electrons. The Labute approximate surface area is 648 Å². The van der Waals surface area contributed by atoms with Gasteiger partial charge in [-0.2, -0.15) is 13.2 Å². The zero-order chi connectivity index (χ0) is 79.3. The molecule has 111 heavy (non-hydrogen) atoms. The Balaban J connectivity index is 0.000000158. The molecule has 2 aromatic carbocycles. The van der Waals surface area contributed by atoms with Gasteiger partial charge in [0.25, 0.3) is 11.8 Å². The van der Waals surface area contributed by atoms with Gasteiger partial charge in [0, 0.05) is 110 Å². The molecular formula is C81H98ClF3N8O17S. The molecule has 9 aliphatic rings. The first kappa shape index (κ1) is 81.5. The number of nitrogens with zero attached hydrogens (tertiary/aromatic N) is 7. The fourth-order valence-corrected chi connectivity index (χ4v) is 17.6. The van der Waals surface area contributed by atoms with Crippen LogP contribution in [0.1, 0.15) is 195 Å². The van der Waals surface area contributed by atoms with Gasteiger partial charge in [0.15, 0.2) is 0 Å². The number of halogens is 4. The summed E-state index contributed by atoms with van der Waals surface area (Å²) in [5, 5.41) is 18.0. The molecule has 1 spiro atoms. The number of rotatable bonds is 7. The molecule has 7 aliphatic heterocycles. The molecule has 30 heteroatoms. The van der Waals surface area contributed by atoms with Crippen LogP contribution in [0.25, 0.3) is 0 Å². The van der Waals surface area contributed by atoms with Crippen LogP contribution in [0.4, 0.5) is 18.9 Å². The first-order valence-corrected chi connectivity index (χ1v) is 39.8. The van der Waals surface area contributed by atoms with E-state index in [0.29, 0.717) is 132 Å². The maximum Gasteiger partial charge on any atom is 0.343 e. The number of aryl methyl sites for hydroxylation is 2. The molecule has 1 saturated carbocycles. The number of carbonyl (C=O) groups excluding carboxylic acids is 4. The highest BCUT2D eigenvalue weighted by atomic mass is 35.5. The van der Waals surface area contributed by atoms with Gasteiger partial charge in [-0.3, -0.25) is 14.3 Å². The summed E-state index contributed by atoms with van der Waals surface area (Å²) < 4.78 is 116. The Morgan fingerprint density at radius 1 is 0.667 bits per heavy atom. The van der Waals surface area contributed by atoms with Crippen molar-refractivity contribution in [2.45, 2.75) is 188 Å². The van der Waals surface area contributed by atoms with Crippen molar-refractivity contribution in [1.82, 2.24) is 27.6 Å². The molecule has 25 nitrogen and oxygen atoms in total. The number of methoxy groups -OCH3 is 1. The van der Waals surface area contributed by atoms with Gasteiger partial charge in [0.2, 0.25) is 17.8 Å². The monoisotopic (exact) mass is 1580 g/mol. The van der Waals surface area contributed by atoms with E-state index in [9.17, 15) is 41.8 Å². The molecule has 2 bridgehead atoms. The normalized spacial score (nSPS) is 22.7. The average molecular weight is 1580 g/mol. The van der Waals surface area contributed by atoms with Gasteiger partial charge >= 0.3 is 23.9 Å². The molecule has 7 aromatic rings. The Morgan fingerprint density at radius 2 is 1.26 bits per heavy atom. The summed E-state index contributed by atoms with van der Waals surface area (Å²) >= 11 is 6.46. The maximum atomic E-state index is 15.4. The zero-order valence-electron chi connectivity index (χ0n) is 63.9. The van der Waals surface area contributed by atoms with Crippen molar-refractivity contribution in [3.63, 3.8) is 0 Å². The lowest BCUT2D eigenvalue weighted by molar-refractivity contribution is 0.00536. The minimum absolute atomic E-state index is 0.0135.